The van der Waals surface area contributed by atoms with E-state index in [0.29, 0.717) is 30.1 Å². The summed E-state index contributed by atoms with van der Waals surface area (Å²) < 4.78 is 5.82. The van der Waals surface area contributed by atoms with Gasteiger partial charge in [-0.15, -0.1) is 0 Å². The smallest absolute Gasteiger partial charge is 0.253 e. The van der Waals surface area contributed by atoms with Crippen LogP contribution in [0.1, 0.15) is 47.4 Å². The number of ether oxygens (including phenoxy) is 1. The fraction of sp³-hybridized carbons (Fsp3) is 0.529. The molecule has 1 atom stereocenters. The molecule has 0 saturated carbocycles. The molecule has 1 aromatic rings. The molecule has 2 amide bonds. The third-order valence-corrected chi connectivity index (χ3v) is 3.88. The molecule has 1 heterocycles. The van der Waals surface area contributed by atoms with Gasteiger partial charge in [0.05, 0.1) is 6.10 Å². The predicted octanol–water partition coefficient (Wildman–Crippen LogP) is 2.06. The molecule has 120 valence electrons. The van der Waals surface area contributed by atoms with Crippen molar-refractivity contribution in [2.45, 2.75) is 32.8 Å². The normalized spacial score (nSPS) is 18.0. The summed E-state index contributed by atoms with van der Waals surface area (Å²) in [7, 11) is 0. The van der Waals surface area contributed by atoms with E-state index in [1.165, 1.54) is 0 Å². The second-order valence-electron chi connectivity index (χ2n) is 6.16. The summed E-state index contributed by atoms with van der Waals surface area (Å²) in [5.74, 6) is 0.0275. The fourth-order valence-electron chi connectivity index (χ4n) is 2.51. The molecule has 1 unspecified atom stereocenters. The average Bonchev–Trinajstić information content (AvgIpc) is 2.95. The van der Waals surface area contributed by atoms with E-state index >= 15 is 0 Å². The number of nitrogens with two attached hydrogens (primary N) is 1. The molecule has 2 rings (SSSR count). The molecular weight excluding hydrogens is 280 g/mol. The van der Waals surface area contributed by atoms with Crippen LogP contribution in [0.3, 0.4) is 0 Å². The van der Waals surface area contributed by atoms with Crippen LogP contribution in [-0.2, 0) is 4.74 Å². The fourth-order valence-corrected chi connectivity index (χ4v) is 2.51. The van der Waals surface area contributed by atoms with Gasteiger partial charge >= 0.3 is 0 Å². The lowest BCUT2D eigenvalue weighted by molar-refractivity contribution is 0.0484. The molecule has 0 bridgehead atoms. The van der Waals surface area contributed by atoms with Gasteiger partial charge in [0.2, 0.25) is 5.91 Å². The van der Waals surface area contributed by atoms with Crippen LogP contribution < -0.4 is 5.73 Å². The van der Waals surface area contributed by atoms with E-state index in [1.54, 1.807) is 29.2 Å². The quantitative estimate of drug-likeness (QED) is 0.874. The Labute approximate surface area is 131 Å². The molecule has 1 fully saturated rings. The number of benzene rings is 1. The van der Waals surface area contributed by atoms with E-state index in [-0.39, 0.29) is 12.0 Å². The van der Waals surface area contributed by atoms with Crippen LogP contribution in [0.2, 0.25) is 0 Å². The Kier molecular flexibility index (Phi) is 5.55. The van der Waals surface area contributed by atoms with Gasteiger partial charge in [0.1, 0.15) is 0 Å². The second kappa shape index (κ2) is 7.40. The SMILES string of the molecule is CC(C)CCOC1CCN(C(=O)c2cccc(C(N)=O)c2)C1. The average molecular weight is 304 g/mol. The standard InChI is InChI=1S/C17H24N2O3/c1-12(2)7-9-22-15-6-8-19(11-15)17(21)14-5-3-4-13(10-14)16(18)20/h3-5,10,12,15H,6-9,11H2,1-2H3,(H2,18,20). The van der Waals surface area contributed by atoms with Crippen LogP contribution in [0.25, 0.3) is 0 Å². The zero-order chi connectivity index (χ0) is 16.1. The number of likely N-dealkylation sites (tertiary alicyclic amines) is 1. The Morgan fingerprint density at radius 1 is 1.36 bits per heavy atom. The first-order chi connectivity index (χ1) is 10.5. The summed E-state index contributed by atoms with van der Waals surface area (Å²) in [5, 5.41) is 0. The maximum absolute atomic E-state index is 12.5. The summed E-state index contributed by atoms with van der Waals surface area (Å²) in [6.45, 7) is 6.37. The van der Waals surface area contributed by atoms with Crippen molar-refractivity contribution >= 4 is 11.8 Å². The largest absolute Gasteiger partial charge is 0.376 e. The molecule has 1 aliphatic heterocycles. The van der Waals surface area contributed by atoms with E-state index in [9.17, 15) is 9.59 Å². The Bertz CT molecular complexity index is 542. The molecule has 22 heavy (non-hydrogen) atoms. The highest BCUT2D eigenvalue weighted by molar-refractivity contribution is 5.99. The molecule has 5 heteroatoms. The molecule has 0 radical (unpaired) electrons. The van der Waals surface area contributed by atoms with Crippen molar-refractivity contribution in [2.75, 3.05) is 19.7 Å². The lowest BCUT2D eigenvalue weighted by Crippen LogP contribution is -2.30. The van der Waals surface area contributed by atoms with E-state index in [4.69, 9.17) is 10.5 Å². The number of amides is 2. The maximum atomic E-state index is 12.5. The highest BCUT2D eigenvalue weighted by Gasteiger charge is 2.27. The number of rotatable bonds is 6. The lowest BCUT2D eigenvalue weighted by Gasteiger charge is -2.17. The Morgan fingerprint density at radius 3 is 2.77 bits per heavy atom. The number of nitrogens with zero attached hydrogens (tertiary/aromatic N) is 1. The van der Waals surface area contributed by atoms with Crippen LogP contribution in [-0.4, -0.2) is 42.5 Å². The number of hydrogen-bond donors (Lipinski definition) is 1. The molecule has 0 aromatic heterocycles. The molecule has 2 N–H and O–H groups in total. The number of hydrogen-bond acceptors (Lipinski definition) is 3. The summed E-state index contributed by atoms with van der Waals surface area (Å²) in [5.41, 5.74) is 6.11. The Morgan fingerprint density at radius 2 is 2.09 bits per heavy atom. The molecule has 0 spiro atoms. The Hall–Kier alpha value is -1.88. The minimum absolute atomic E-state index is 0.0712. The molecule has 1 aromatic carbocycles. The van der Waals surface area contributed by atoms with Crippen LogP contribution in [0, 0.1) is 5.92 Å². The van der Waals surface area contributed by atoms with Gasteiger partial charge in [0.15, 0.2) is 0 Å². The van der Waals surface area contributed by atoms with E-state index < -0.39 is 5.91 Å². The number of primary amides is 1. The van der Waals surface area contributed by atoms with Gasteiger partial charge in [-0.3, -0.25) is 9.59 Å². The van der Waals surface area contributed by atoms with Crippen molar-refractivity contribution < 1.29 is 14.3 Å². The predicted molar refractivity (Wildman–Crippen MR) is 84.7 cm³/mol. The van der Waals surface area contributed by atoms with Crippen LogP contribution in [0.4, 0.5) is 0 Å². The summed E-state index contributed by atoms with van der Waals surface area (Å²) in [6, 6.07) is 6.56. The van der Waals surface area contributed by atoms with Crippen molar-refractivity contribution in [2.24, 2.45) is 11.7 Å². The highest BCUT2D eigenvalue weighted by Crippen LogP contribution is 2.17. The third-order valence-electron chi connectivity index (χ3n) is 3.88. The van der Waals surface area contributed by atoms with Crippen molar-refractivity contribution in [1.82, 2.24) is 4.90 Å². The van der Waals surface area contributed by atoms with Crippen molar-refractivity contribution in [1.29, 1.82) is 0 Å². The van der Waals surface area contributed by atoms with E-state index in [0.717, 1.165) is 19.4 Å². The van der Waals surface area contributed by atoms with E-state index in [2.05, 4.69) is 13.8 Å². The summed E-state index contributed by atoms with van der Waals surface area (Å²) in [4.78, 5) is 25.4. The molecule has 1 aliphatic rings. The van der Waals surface area contributed by atoms with Gasteiger partial charge in [-0.25, -0.2) is 0 Å². The number of carbonyl (C=O) groups is 2. The van der Waals surface area contributed by atoms with Crippen LogP contribution in [0.5, 0.6) is 0 Å². The van der Waals surface area contributed by atoms with Crippen molar-refractivity contribution in [3.63, 3.8) is 0 Å². The van der Waals surface area contributed by atoms with Crippen LogP contribution >= 0.6 is 0 Å². The Balaban J connectivity index is 1.91. The van der Waals surface area contributed by atoms with Gasteiger partial charge in [0, 0.05) is 30.8 Å². The molecule has 5 nitrogen and oxygen atoms in total. The van der Waals surface area contributed by atoms with E-state index in [1.807, 2.05) is 0 Å². The monoisotopic (exact) mass is 304 g/mol. The first kappa shape index (κ1) is 16.5. The third kappa shape index (κ3) is 4.31. The lowest BCUT2D eigenvalue weighted by atomic mass is 10.1. The minimum atomic E-state index is -0.522. The zero-order valence-corrected chi connectivity index (χ0v) is 13.2. The van der Waals surface area contributed by atoms with Gasteiger partial charge in [-0.2, -0.15) is 0 Å². The highest BCUT2D eigenvalue weighted by atomic mass is 16.5. The zero-order valence-electron chi connectivity index (χ0n) is 13.2. The van der Waals surface area contributed by atoms with Crippen LogP contribution in [0.15, 0.2) is 24.3 Å². The summed E-state index contributed by atoms with van der Waals surface area (Å²) >= 11 is 0. The van der Waals surface area contributed by atoms with Gasteiger partial charge in [-0.1, -0.05) is 19.9 Å². The minimum Gasteiger partial charge on any atom is -0.376 e. The van der Waals surface area contributed by atoms with Gasteiger partial charge in [0.25, 0.3) is 5.91 Å². The number of carbonyl (C=O) groups excluding carboxylic acids is 2. The molecule has 0 aliphatic carbocycles. The first-order valence-corrected chi connectivity index (χ1v) is 7.78. The van der Waals surface area contributed by atoms with Crippen molar-refractivity contribution in [3.8, 4) is 0 Å². The second-order valence-corrected chi connectivity index (χ2v) is 6.16. The van der Waals surface area contributed by atoms with Gasteiger partial charge < -0.3 is 15.4 Å². The maximum Gasteiger partial charge on any atom is 0.253 e. The summed E-state index contributed by atoms with van der Waals surface area (Å²) in [6.07, 6.45) is 2.01. The molecule has 1 saturated heterocycles. The topological polar surface area (TPSA) is 72.6 Å². The molecular formula is C17H24N2O3. The first-order valence-electron chi connectivity index (χ1n) is 7.78. The van der Waals surface area contributed by atoms with Gasteiger partial charge in [-0.05, 0) is 37.0 Å². The van der Waals surface area contributed by atoms with Crippen molar-refractivity contribution in [3.05, 3.63) is 35.4 Å².